The largest absolute Gasteiger partial charge is 0.248 e. The Kier molecular flexibility index (Phi) is 3.12. The molecule has 0 spiro atoms. The average Bonchev–Trinajstić information content (AvgIpc) is 2.89. The van der Waals surface area contributed by atoms with Gasteiger partial charge in [0.15, 0.2) is 0 Å². The van der Waals surface area contributed by atoms with Crippen LogP contribution in [0.5, 0.6) is 0 Å². The molecule has 1 aromatic heterocycles. The standard InChI is InChI=1S/C25H21N/c1-16-14-24(26-23-11-7-5-8-18(16)23)17-12-13-20-19-9-4-6-10-21(19)25(2,3)22(20)15-17/h4-15H,1-3H3. The molecule has 26 heavy (non-hydrogen) atoms. The number of para-hydroxylation sites is 1. The van der Waals surface area contributed by atoms with E-state index in [1.54, 1.807) is 0 Å². The molecule has 0 fully saturated rings. The molecule has 0 aliphatic heterocycles. The highest BCUT2D eigenvalue weighted by atomic mass is 14.7. The van der Waals surface area contributed by atoms with E-state index >= 15 is 0 Å². The first-order valence-electron chi connectivity index (χ1n) is 9.17. The number of fused-ring (bicyclic) bond motifs is 4. The molecule has 0 N–H and O–H groups in total. The second-order valence-electron chi connectivity index (χ2n) is 7.77. The van der Waals surface area contributed by atoms with Gasteiger partial charge in [0.1, 0.15) is 0 Å². The first-order chi connectivity index (χ1) is 12.6. The van der Waals surface area contributed by atoms with Crippen molar-refractivity contribution in [1.29, 1.82) is 0 Å². The van der Waals surface area contributed by atoms with Crippen LogP contribution in [-0.2, 0) is 5.41 Å². The van der Waals surface area contributed by atoms with Crippen molar-refractivity contribution in [3.63, 3.8) is 0 Å². The Hall–Kier alpha value is -2.93. The summed E-state index contributed by atoms with van der Waals surface area (Å²) in [6.45, 7) is 6.81. The maximum Gasteiger partial charge on any atom is 0.0712 e. The van der Waals surface area contributed by atoms with Crippen molar-refractivity contribution in [3.05, 3.63) is 89.5 Å². The van der Waals surface area contributed by atoms with Crippen LogP contribution in [0.15, 0.2) is 72.8 Å². The lowest BCUT2D eigenvalue weighted by atomic mass is 9.82. The fraction of sp³-hybridized carbons (Fsp3) is 0.160. The fourth-order valence-corrected chi connectivity index (χ4v) is 4.36. The van der Waals surface area contributed by atoms with Crippen LogP contribution in [-0.4, -0.2) is 4.98 Å². The van der Waals surface area contributed by atoms with Gasteiger partial charge in [-0.25, -0.2) is 4.98 Å². The van der Waals surface area contributed by atoms with Crippen molar-refractivity contribution >= 4 is 10.9 Å². The molecule has 126 valence electrons. The van der Waals surface area contributed by atoms with Crippen LogP contribution in [0.2, 0.25) is 0 Å². The van der Waals surface area contributed by atoms with Gasteiger partial charge in [0.25, 0.3) is 0 Å². The molecule has 5 rings (SSSR count). The first-order valence-corrected chi connectivity index (χ1v) is 9.17. The summed E-state index contributed by atoms with van der Waals surface area (Å²) in [5.41, 5.74) is 10.1. The van der Waals surface area contributed by atoms with E-state index < -0.39 is 0 Å². The van der Waals surface area contributed by atoms with Gasteiger partial charge in [0.05, 0.1) is 11.2 Å². The lowest BCUT2D eigenvalue weighted by Gasteiger charge is -2.22. The van der Waals surface area contributed by atoms with Gasteiger partial charge >= 0.3 is 0 Å². The number of nitrogens with zero attached hydrogens (tertiary/aromatic N) is 1. The zero-order chi connectivity index (χ0) is 17.9. The van der Waals surface area contributed by atoms with Crippen molar-refractivity contribution < 1.29 is 0 Å². The van der Waals surface area contributed by atoms with Crippen molar-refractivity contribution in [2.24, 2.45) is 0 Å². The first kappa shape index (κ1) is 15.3. The fourth-order valence-electron chi connectivity index (χ4n) is 4.36. The molecule has 1 heteroatoms. The molecule has 0 bridgehead atoms. The van der Waals surface area contributed by atoms with Gasteiger partial charge in [0.2, 0.25) is 0 Å². The Morgan fingerprint density at radius 1 is 0.731 bits per heavy atom. The van der Waals surface area contributed by atoms with Crippen LogP contribution in [0.25, 0.3) is 33.3 Å². The van der Waals surface area contributed by atoms with Crippen LogP contribution in [0.4, 0.5) is 0 Å². The third-order valence-corrected chi connectivity index (χ3v) is 5.80. The molecule has 0 atom stereocenters. The average molecular weight is 335 g/mol. The minimum atomic E-state index is 0.0217. The van der Waals surface area contributed by atoms with Gasteiger partial charge in [-0.1, -0.05) is 68.4 Å². The summed E-state index contributed by atoms with van der Waals surface area (Å²) in [4.78, 5) is 4.93. The quantitative estimate of drug-likeness (QED) is 0.386. The molecule has 0 saturated carbocycles. The van der Waals surface area contributed by atoms with E-state index in [0.717, 1.165) is 11.2 Å². The van der Waals surface area contributed by atoms with E-state index in [-0.39, 0.29) is 5.41 Å². The van der Waals surface area contributed by atoms with Crippen LogP contribution in [0, 0.1) is 6.92 Å². The van der Waals surface area contributed by atoms with Crippen LogP contribution in [0.3, 0.4) is 0 Å². The molecule has 1 aliphatic rings. The zero-order valence-electron chi connectivity index (χ0n) is 15.4. The Balaban J connectivity index is 1.72. The zero-order valence-corrected chi connectivity index (χ0v) is 15.4. The summed E-state index contributed by atoms with van der Waals surface area (Å²) in [5.74, 6) is 0. The predicted molar refractivity (Wildman–Crippen MR) is 109 cm³/mol. The summed E-state index contributed by atoms with van der Waals surface area (Å²) in [7, 11) is 0. The Labute approximate surface area is 154 Å². The number of benzene rings is 3. The van der Waals surface area contributed by atoms with Gasteiger partial charge in [-0.3, -0.25) is 0 Å². The monoisotopic (exact) mass is 335 g/mol. The summed E-state index contributed by atoms with van der Waals surface area (Å²) < 4.78 is 0. The lowest BCUT2D eigenvalue weighted by Crippen LogP contribution is -2.14. The smallest absolute Gasteiger partial charge is 0.0712 e. The topological polar surface area (TPSA) is 12.9 Å². The minimum Gasteiger partial charge on any atom is -0.248 e. The van der Waals surface area contributed by atoms with Crippen LogP contribution in [0.1, 0.15) is 30.5 Å². The highest BCUT2D eigenvalue weighted by Gasteiger charge is 2.35. The molecule has 3 aromatic carbocycles. The van der Waals surface area contributed by atoms with Crippen molar-refractivity contribution in [3.8, 4) is 22.4 Å². The minimum absolute atomic E-state index is 0.0217. The SMILES string of the molecule is Cc1cc(-c2ccc3c(c2)C(C)(C)c2ccccc2-3)nc2ccccc12. The summed E-state index contributed by atoms with van der Waals surface area (Å²) in [6, 6.07) is 26.2. The third kappa shape index (κ3) is 2.07. The Bertz CT molecular complexity index is 1170. The predicted octanol–water partition coefficient (Wildman–Crippen LogP) is 6.52. The Morgan fingerprint density at radius 3 is 2.35 bits per heavy atom. The number of aromatic nitrogens is 1. The van der Waals surface area contributed by atoms with E-state index in [4.69, 9.17) is 4.98 Å². The maximum atomic E-state index is 4.93. The van der Waals surface area contributed by atoms with E-state index in [9.17, 15) is 0 Å². The molecule has 1 nitrogen and oxygen atoms in total. The summed E-state index contributed by atoms with van der Waals surface area (Å²) in [6.07, 6.45) is 0. The summed E-state index contributed by atoms with van der Waals surface area (Å²) >= 11 is 0. The molecule has 1 aliphatic carbocycles. The van der Waals surface area contributed by atoms with E-state index in [2.05, 4.69) is 93.6 Å². The second kappa shape index (κ2) is 5.28. The molecule has 0 radical (unpaired) electrons. The van der Waals surface area contributed by atoms with Crippen molar-refractivity contribution in [1.82, 2.24) is 4.98 Å². The number of hydrogen-bond acceptors (Lipinski definition) is 1. The number of rotatable bonds is 1. The van der Waals surface area contributed by atoms with Crippen LogP contribution < -0.4 is 0 Å². The number of aryl methyl sites for hydroxylation is 1. The number of pyridine rings is 1. The highest BCUT2D eigenvalue weighted by Crippen LogP contribution is 2.49. The van der Waals surface area contributed by atoms with Gasteiger partial charge in [-0.05, 0) is 52.9 Å². The van der Waals surface area contributed by atoms with Crippen molar-refractivity contribution in [2.45, 2.75) is 26.2 Å². The molecule has 0 amide bonds. The van der Waals surface area contributed by atoms with Crippen LogP contribution >= 0.6 is 0 Å². The number of hydrogen-bond donors (Lipinski definition) is 0. The molecule has 4 aromatic rings. The normalized spacial score (nSPS) is 14.3. The molecule has 1 heterocycles. The second-order valence-corrected chi connectivity index (χ2v) is 7.77. The Morgan fingerprint density at radius 2 is 1.46 bits per heavy atom. The van der Waals surface area contributed by atoms with E-state index in [0.29, 0.717) is 0 Å². The maximum absolute atomic E-state index is 4.93. The molecular formula is C25H21N. The van der Waals surface area contributed by atoms with E-state index in [1.165, 1.54) is 38.8 Å². The third-order valence-electron chi connectivity index (χ3n) is 5.80. The van der Waals surface area contributed by atoms with E-state index in [1.807, 2.05) is 0 Å². The van der Waals surface area contributed by atoms with Gasteiger partial charge < -0.3 is 0 Å². The summed E-state index contributed by atoms with van der Waals surface area (Å²) in [5, 5.41) is 1.23. The molecule has 0 unspecified atom stereocenters. The highest BCUT2D eigenvalue weighted by molar-refractivity contribution is 5.87. The van der Waals surface area contributed by atoms with Crippen molar-refractivity contribution in [2.75, 3.05) is 0 Å². The molecule has 0 saturated heterocycles. The lowest BCUT2D eigenvalue weighted by molar-refractivity contribution is 0.660. The molecular weight excluding hydrogens is 314 g/mol. The van der Waals surface area contributed by atoms with Gasteiger partial charge in [0, 0.05) is 16.4 Å². The van der Waals surface area contributed by atoms with Gasteiger partial charge in [-0.2, -0.15) is 0 Å². The van der Waals surface area contributed by atoms with Gasteiger partial charge in [-0.15, -0.1) is 0 Å².